The summed E-state index contributed by atoms with van der Waals surface area (Å²) in [4.78, 5) is 38.9. The molecule has 1 aromatic heterocycles. The van der Waals surface area contributed by atoms with Gasteiger partial charge in [0.15, 0.2) is 5.78 Å². The Kier molecular flexibility index (Phi) is 6.73. The van der Waals surface area contributed by atoms with Gasteiger partial charge in [-0.2, -0.15) is 0 Å². The van der Waals surface area contributed by atoms with E-state index >= 15 is 0 Å². The van der Waals surface area contributed by atoms with E-state index in [1.54, 1.807) is 0 Å². The number of fused-ring (bicyclic) bond motifs is 1. The number of hydrogen-bond donors (Lipinski definition) is 5. The highest BCUT2D eigenvalue weighted by Crippen LogP contribution is 2.20. The molecule has 154 valence electrons. The smallest absolute Gasteiger partial charge is 0.326 e. The lowest BCUT2D eigenvalue weighted by molar-refractivity contribution is -0.142. The fourth-order valence-corrected chi connectivity index (χ4v) is 3.25. The summed E-state index contributed by atoms with van der Waals surface area (Å²) in [6.45, 7) is 0.988. The van der Waals surface area contributed by atoms with Crippen LogP contribution in [0.25, 0.3) is 10.9 Å². The van der Waals surface area contributed by atoms with Crippen molar-refractivity contribution in [2.45, 2.75) is 37.4 Å². The summed E-state index contributed by atoms with van der Waals surface area (Å²) in [6, 6.07) is 5.93. The third-order valence-electron chi connectivity index (χ3n) is 4.95. The predicted molar refractivity (Wildman–Crippen MR) is 106 cm³/mol. The van der Waals surface area contributed by atoms with Crippen LogP contribution in [-0.4, -0.2) is 65.3 Å². The van der Waals surface area contributed by atoms with E-state index in [4.69, 9.17) is 10.1 Å². The van der Waals surface area contributed by atoms with Gasteiger partial charge in [-0.25, -0.2) is 4.79 Å². The lowest BCUT2D eigenvalue weighted by Crippen LogP contribution is -2.57. The zero-order chi connectivity index (χ0) is 20.8. The Labute approximate surface area is 167 Å². The number of para-hydroxylation sites is 1. The molecular formula is C20H24N4O5. The van der Waals surface area contributed by atoms with E-state index in [1.807, 2.05) is 30.5 Å². The monoisotopic (exact) mass is 400 g/mol. The van der Waals surface area contributed by atoms with E-state index in [1.165, 1.54) is 0 Å². The molecule has 0 bridgehead atoms. The van der Waals surface area contributed by atoms with Crippen molar-refractivity contribution in [2.75, 3.05) is 13.2 Å². The maximum absolute atomic E-state index is 12.9. The van der Waals surface area contributed by atoms with Gasteiger partial charge in [0, 0.05) is 23.5 Å². The van der Waals surface area contributed by atoms with E-state index in [2.05, 4.69) is 15.6 Å². The van der Waals surface area contributed by atoms with Crippen LogP contribution in [-0.2, 0) is 25.5 Å². The van der Waals surface area contributed by atoms with Crippen LogP contribution < -0.4 is 10.6 Å². The summed E-state index contributed by atoms with van der Waals surface area (Å²) < 4.78 is 5.16. The van der Waals surface area contributed by atoms with Crippen molar-refractivity contribution in [1.29, 1.82) is 5.41 Å². The highest BCUT2D eigenvalue weighted by atomic mass is 16.5. The maximum Gasteiger partial charge on any atom is 0.326 e. The second kappa shape index (κ2) is 9.44. The molecule has 1 aliphatic heterocycles. The summed E-state index contributed by atoms with van der Waals surface area (Å²) in [5, 5.41) is 23.1. The van der Waals surface area contributed by atoms with E-state index in [9.17, 15) is 19.5 Å². The molecular weight excluding hydrogens is 376 g/mol. The largest absolute Gasteiger partial charge is 0.480 e. The molecule has 5 N–H and O–H groups in total. The number of carbonyl (C=O) groups excluding carboxylic acids is 2. The molecule has 1 aromatic carbocycles. The van der Waals surface area contributed by atoms with Crippen LogP contribution in [0.15, 0.2) is 30.5 Å². The van der Waals surface area contributed by atoms with Crippen molar-refractivity contribution in [3.8, 4) is 0 Å². The molecule has 0 unspecified atom stereocenters. The predicted octanol–water partition coefficient (Wildman–Crippen LogP) is 0.636. The molecule has 9 heteroatoms. The quantitative estimate of drug-likeness (QED) is 0.350. The molecule has 1 saturated heterocycles. The number of Topliss-reactive ketones (excluding diaryl/α,β-unsaturated/α-hetero) is 1. The Morgan fingerprint density at radius 1 is 1.28 bits per heavy atom. The number of carbonyl (C=O) groups is 3. The van der Waals surface area contributed by atoms with Gasteiger partial charge in [-0.15, -0.1) is 0 Å². The first kappa shape index (κ1) is 20.7. The van der Waals surface area contributed by atoms with Gasteiger partial charge in [-0.05, 0) is 24.5 Å². The van der Waals surface area contributed by atoms with E-state index in [-0.39, 0.29) is 18.9 Å². The van der Waals surface area contributed by atoms with E-state index < -0.39 is 29.7 Å². The Bertz CT molecular complexity index is 905. The topological polar surface area (TPSA) is 144 Å². The van der Waals surface area contributed by atoms with Crippen molar-refractivity contribution >= 4 is 34.8 Å². The average Bonchev–Trinajstić information content (AvgIpc) is 3.09. The Morgan fingerprint density at radius 2 is 2.03 bits per heavy atom. The molecule has 1 aliphatic rings. The minimum absolute atomic E-state index is 0.0266. The minimum Gasteiger partial charge on any atom is -0.480 e. The lowest BCUT2D eigenvalue weighted by Gasteiger charge is -2.31. The summed E-state index contributed by atoms with van der Waals surface area (Å²) in [6.07, 6.45) is 2.69. The Morgan fingerprint density at radius 3 is 2.69 bits per heavy atom. The standard InChI is InChI=1S/C20H24N4O5/c21-8-14(25)5-6-17(20(27)28)24-19(26)18(23-13-10-29-11-13)7-12-9-22-16-4-2-1-3-15(12)16/h1-4,8-9,13,17-18,21-23H,5-7,10-11H2,(H,24,26)(H,27,28)/t17-,18-/m0/s1. The number of rotatable bonds is 11. The summed E-state index contributed by atoms with van der Waals surface area (Å²) in [5.74, 6) is -2.14. The SMILES string of the molecule is N=CC(=O)CC[C@H](NC(=O)[C@H](Cc1c[nH]c2ccccc12)NC1COC1)C(=O)O. The first-order valence-corrected chi connectivity index (χ1v) is 9.43. The molecule has 0 spiro atoms. The van der Waals surface area contributed by atoms with Crippen molar-refractivity contribution in [3.63, 3.8) is 0 Å². The number of nitrogens with one attached hydrogen (secondary N) is 4. The third-order valence-corrected chi connectivity index (χ3v) is 4.95. The molecule has 29 heavy (non-hydrogen) atoms. The third kappa shape index (κ3) is 5.27. The van der Waals surface area contributed by atoms with Crippen LogP contribution in [0.3, 0.4) is 0 Å². The number of aromatic nitrogens is 1. The minimum atomic E-state index is -1.21. The van der Waals surface area contributed by atoms with Gasteiger partial charge < -0.3 is 25.6 Å². The lowest BCUT2D eigenvalue weighted by atomic mass is 10.0. The van der Waals surface area contributed by atoms with Crippen molar-refractivity contribution in [3.05, 3.63) is 36.0 Å². The number of H-pyrrole nitrogens is 1. The van der Waals surface area contributed by atoms with Gasteiger partial charge in [-0.1, -0.05) is 18.2 Å². The van der Waals surface area contributed by atoms with Crippen LogP contribution in [0.4, 0.5) is 0 Å². The van der Waals surface area contributed by atoms with Crippen LogP contribution in [0.5, 0.6) is 0 Å². The highest BCUT2D eigenvalue weighted by Gasteiger charge is 2.30. The molecule has 9 nitrogen and oxygen atoms in total. The second-order valence-corrected chi connectivity index (χ2v) is 7.07. The highest BCUT2D eigenvalue weighted by molar-refractivity contribution is 6.26. The number of carboxylic acids is 1. The van der Waals surface area contributed by atoms with Crippen LogP contribution in [0, 0.1) is 5.41 Å². The van der Waals surface area contributed by atoms with Gasteiger partial charge in [-0.3, -0.25) is 14.9 Å². The Hall–Kier alpha value is -3.04. The van der Waals surface area contributed by atoms with Gasteiger partial charge in [0.05, 0.1) is 31.5 Å². The number of ketones is 1. The number of ether oxygens (including phenoxy) is 1. The van der Waals surface area contributed by atoms with Crippen LogP contribution >= 0.6 is 0 Å². The maximum atomic E-state index is 12.9. The van der Waals surface area contributed by atoms with Crippen molar-refractivity contribution in [1.82, 2.24) is 15.6 Å². The molecule has 2 aromatic rings. The van der Waals surface area contributed by atoms with Crippen molar-refractivity contribution in [2.24, 2.45) is 0 Å². The number of benzene rings is 1. The average molecular weight is 400 g/mol. The molecule has 1 amide bonds. The first-order chi connectivity index (χ1) is 14.0. The van der Waals surface area contributed by atoms with Gasteiger partial charge in [0.25, 0.3) is 0 Å². The van der Waals surface area contributed by atoms with E-state index in [0.717, 1.165) is 16.5 Å². The van der Waals surface area contributed by atoms with Crippen LogP contribution in [0.1, 0.15) is 18.4 Å². The summed E-state index contributed by atoms with van der Waals surface area (Å²) in [7, 11) is 0. The second-order valence-electron chi connectivity index (χ2n) is 7.07. The number of amides is 1. The molecule has 2 atom stereocenters. The molecule has 0 aliphatic carbocycles. The van der Waals surface area contributed by atoms with Gasteiger partial charge in [0.2, 0.25) is 5.91 Å². The zero-order valence-corrected chi connectivity index (χ0v) is 15.8. The number of carboxylic acid groups (broad SMARTS) is 1. The number of hydrogen-bond acceptors (Lipinski definition) is 6. The molecule has 0 radical (unpaired) electrons. The fraction of sp³-hybridized carbons (Fsp3) is 0.400. The molecule has 0 saturated carbocycles. The van der Waals surface area contributed by atoms with Crippen LogP contribution in [0.2, 0.25) is 0 Å². The van der Waals surface area contributed by atoms with Crippen molar-refractivity contribution < 1.29 is 24.2 Å². The molecule has 2 heterocycles. The first-order valence-electron chi connectivity index (χ1n) is 9.43. The molecule has 1 fully saturated rings. The summed E-state index contributed by atoms with van der Waals surface area (Å²) in [5.41, 5.74) is 1.90. The Balaban J connectivity index is 1.72. The fourth-order valence-electron chi connectivity index (χ4n) is 3.25. The number of aliphatic carboxylic acids is 1. The van der Waals surface area contributed by atoms with E-state index in [0.29, 0.717) is 25.8 Å². The van der Waals surface area contributed by atoms with Gasteiger partial charge >= 0.3 is 5.97 Å². The van der Waals surface area contributed by atoms with Gasteiger partial charge in [0.1, 0.15) is 6.04 Å². The summed E-state index contributed by atoms with van der Waals surface area (Å²) >= 11 is 0. The zero-order valence-electron chi connectivity index (χ0n) is 15.8. The normalized spacial score (nSPS) is 16.0. The molecule has 3 rings (SSSR count). The number of aromatic amines is 1.